The van der Waals surface area contributed by atoms with Gasteiger partial charge in [0.1, 0.15) is 5.69 Å². The minimum Gasteiger partial charge on any atom is -0.478 e. The molecule has 0 bridgehead atoms. The summed E-state index contributed by atoms with van der Waals surface area (Å²) in [5.74, 6) is 1.05. The van der Waals surface area contributed by atoms with Crippen LogP contribution in [-0.2, 0) is 0 Å². The van der Waals surface area contributed by atoms with Gasteiger partial charge in [-0.3, -0.25) is 9.78 Å². The molecular formula is C15H17N5O2. The highest BCUT2D eigenvalue weighted by molar-refractivity contribution is 5.92. The number of nitrogens with zero attached hydrogens (tertiary/aromatic N) is 4. The lowest BCUT2D eigenvalue weighted by Crippen LogP contribution is -2.37. The summed E-state index contributed by atoms with van der Waals surface area (Å²) in [6.45, 7) is 1.47. The first-order valence-corrected chi connectivity index (χ1v) is 7.10. The number of ether oxygens (including phenoxy) is 1. The second-order valence-corrected chi connectivity index (χ2v) is 5.01. The van der Waals surface area contributed by atoms with E-state index in [-0.39, 0.29) is 11.9 Å². The third-order valence-electron chi connectivity index (χ3n) is 3.56. The van der Waals surface area contributed by atoms with Gasteiger partial charge in [0, 0.05) is 37.7 Å². The lowest BCUT2D eigenvalue weighted by atomic mass is 10.2. The van der Waals surface area contributed by atoms with Crippen molar-refractivity contribution in [1.82, 2.24) is 20.3 Å². The second kappa shape index (κ2) is 6.38. The maximum absolute atomic E-state index is 12.1. The largest absolute Gasteiger partial charge is 0.478 e. The first kappa shape index (κ1) is 14.2. The molecule has 0 saturated carbocycles. The molecule has 7 heteroatoms. The number of aromatic nitrogens is 3. The van der Waals surface area contributed by atoms with Gasteiger partial charge in [-0.1, -0.05) is 6.07 Å². The summed E-state index contributed by atoms with van der Waals surface area (Å²) < 4.78 is 5.23. The first-order valence-electron chi connectivity index (χ1n) is 7.10. The van der Waals surface area contributed by atoms with E-state index in [2.05, 4.69) is 25.2 Å². The summed E-state index contributed by atoms with van der Waals surface area (Å²) in [5, 5.41) is 3.00. The molecule has 1 N–H and O–H groups in total. The van der Waals surface area contributed by atoms with Gasteiger partial charge in [-0.25, -0.2) is 9.97 Å². The van der Waals surface area contributed by atoms with Crippen LogP contribution in [0.5, 0.6) is 5.88 Å². The van der Waals surface area contributed by atoms with E-state index in [1.165, 1.54) is 0 Å². The Balaban J connectivity index is 1.64. The summed E-state index contributed by atoms with van der Waals surface area (Å²) in [5.41, 5.74) is 0.429. The normalized spacial score (nSPS) is 17.3. The van der Waals surface area contributed by atoms with Gasteiger partial charge in [0.05, 0.1) is 7.11 Å². The van der Waals surface area contributed by atoms with Crippen molar-refractivity contribution in [2.75, 3.05) is 25.1 Å². The molecule has 0 radical (unpaired) electrons. The summed E-state index contributed by atoms with van der Waals surface area (Å²) in [4.78, 5) is 26.7. The van der Waals surface area contributed by atoms with Crippen LogP contribution in [0.2, 0.25) is 0 Å². The van der Waals surface area contributed by atoms with Crippen LogP contribution in [0.25, 0.3) is 0 Å². The van der Waals surface area contributed by atoms with Crippen LogP contribution < -0.4 is 15.0 Å². The molecule has 1 amide bonds. The van der Waals surface area contributed by atoms with E-state index in [4.69, 9.17) is 4.74 Å². The predicted molar refractivity (Wildman–Crippen MR) is 80.9 cm³/mol. The number of hydrogen-bond donors (Lipinski definition) is 1. The highest BCUT2D eigenvalue weighted by Gasteiger charge is 2.27. The molecule has 0 unspecified atom stereocenters. The maximum Gasteiger partial charge on any atom is 0.270 e. The summed E-state index contributed by atoms with van der Waals surface area (Å²) in [6, 6.07) is 5.34. The zero-order valence-corrected chi connectivity index (χ0v) is 12.3. The average Bonchev–Trinajstić information content (AvgIpc) is 3.04. The first-order chi connectivity index (χ1) is 10.8. The van der Waals surface area contributed by atoms with Crippen molar-refractivity contribution < 1.29 is 9.53 Å². The summed E-state index contributed by atoms with van der Waals surface area (Å²) >= 11 is 0. The molecular weight excluding hydrogens is 282 g/mol. The molecule has 1 fully saturated rings. The van der Waals surface area contributed by atoms with E-state index in [0.717, 1.165) is 13.0 Å². The van der Waals surface area contributed by atoms with Crippen LogP contribution in [0.1, 0.15) is 16.9 Å². The molecule has 114 valence electrons. The minimum absolute atomic E-state index is 0.0567. The maximum atomic E-state index is 12.1. The SMILES string of the molecule is COc1nccnc1N1CC[C@H](NC(=O)c2ccccn2)C1. The van der Waals surface area contributed by atoms with E-state index in [0.29, 0.717) is 23.9 Å². The minimum atomic E-state index is -0.154. The fourth-order valence-electron chi connectivity index (χ4n) is 2.51. The number of hydrogen-bond acceptors (Lipinski definition) is 6. The zero-order chi connectivity index (χ0) is 15.4. The summed E-state index contributed by atoms with van der Waals surface area (Å²) in [6.07, 6.45) is 5.69. The smallest absolute Gasteiger partial charge is 0.270 e. The van der Waals surface area contributed by atoms with Gasteiger partial charge in [-0.05, 0) is 18.6 Å². The van der Waals surface area contributed by atoms with Gasteiger partial charge < -0.3 is 15.0 Å². The third-order valence-corrected chi connectivity index (χ3v) is 3.56. The number of methoxy groups -OCH3 is 1. The lowest BCUT2D eigenvalue weighted by molar-refractivity contribution is 0.0935. The fraction of sp³-hybridized carbons (Fsp3) is 0.333. The summed E-state index contributed by atoms with van der Waals surface area (Å²) in [7, 11) is 1.57. The molecule has 3 heterocycles. The van der Waals surface area contributed by atoms with Gasteiger partial charge in [-0.2, -0.15) is 0 Å². The van der Waals surface area contributed by atoms with Crippen molar-refractivity contribution in [2.24, 2.45) is 0 Å². The van der Waals surface area contributed by atoms with Crippen LogP contribution in [0, 0.1) is 0 Å². The number of carbonyl (C=O) groups excluding carboxylic acids is 1. The molecule has 2 aromatic rings. The number of rotatable bonds is 4. The Bertz CT molecular complexity index is 649. The molecule has 0 spiro atoms. The van der Waals surface area contributed by atoms with Crippen molar-refractivity contribution in [1.29, 1.82) is 0 Å². The second-order valence-electron chi connectivity index (χ2n) is 5.01. The molecule has 1 atom stereocenters. The van der Waals surface area contributed by atoms with Crippen molar-refractivity contribution >= 4 is 11.7 Å². The van der Waals surface area contributed by atoms with Gasteiger partial charge in [0.25, 0.3) is 11.8 Å². The van der Waals surface area contributed by atoms with E-state index < -0.39 is 0 Å². The topological polar surface area (TPSA) is 80.2 Å². The van der Waals surface area contributed by atoms with E-state index in [9.17, 15) is 4.79 Å². The van der Waals surface area contributed by atoms with Crippen molar-refractivity contribution in [3.8, 4) is 5.88 Å². The number of amides is 1. The number of nitrogens with one attached hydrogen (secondary N) is 1. The molecule has 0 aliphatic carbocycles. The molecule has 0 aromatic carbocycles. The molecule has 1 aliphatic rings. The van der Waals surface area contributed by atoms with Gasteiger partial charge in [0.2, 0.25) is 0 Å². The number of anilines is 1. The van der Waals surface area contributed by atoms with E-state index in [1.807, 2.05) is 0 Å². The van der Waals surface area contributed by atoms with E-state index >= 15 is 0 Å². The third kappa shape index (κ3) is 2.98. The Morgan fingerprint density at radius 2 is 2.14 bits per heavy atom. The predicted octanol–water partition coefficient (Wildman–Crippen LogP) is 0.889. The van der Waals surface area contributed by atoms with Crippen molar-refractivity contribution in [3.05, 3.63) is 42.5 Å². The Morgan fingerprint density at radius 3 is 2.91 bits per heavy atom. The average molecular weight is 299 g/mol. The van der Waals surface area contributed by atoms with Crippen LogP contribution >= 0.6 is 0 Å². The standard InChI is InChI=1S/C15H17N5O2/c1-22-15-13(17-7-8-18-15)20-9-5-11(10-20)19-14(21)12-4-2-3-6-16-12/h2-4,6-8,11H,5,9-10H2,1H3,(H,19,21)/t11-/m0/s1. The van der Waals surface area contributed by atoms with Gasteiger partial charge in [-0.15, -0.1) is 0 Å². The Hall–Kier alpha value is -2.70. The van der Waals surface area contributed by atoms with Crippen LogP contribution in [-0.4, -0.2) is 47.1 Å². The zero-order valence-electron chi connectivity index (χ0n) is 12.3. The van der Waals surface area contributed by atoms with Gasteiger partial charge in [0.15, 0.2) is 5.82 Å². The molecule has 3 rings (SSSR count). The Kier molecular flexibility index (Phi) is 4.13. The monoisotopic (exact) mass is 299 g/mol. The van der Waals surface area contributed by atoms with Crippen molar-refractivity contribution in [3.63, 3.8) is 0 Å². The number of carbonyl (C=O) groups is 1. The lowest BCUT2D eigenvalue weighted by Gasteiger charge is -2.19. The molecule has 2 aromatic heterocycles. The Labute approximate surface area is 128 Å². The number of pyridine rings is 1. The highest BCUT2D eigenvalue weighted by atomic mass is 16.5. The fourth-order valence-corrected chi connectivity index (χ4v) is 2.51. The van der Waals surface area contributed by atoms with Crippen LogP contribution in [0.4, 0.5) is 5.82 Å². The van der Waals surface area contributed by atoms with Crippen LogP contribution in [0.3, 0.4) is 0 Å². The molecule has 1 aliphatic heterocycles. The quantitative estimate of drug-likeness (QED) is 0.903. The molecule has 22 heavy (non-hydrogen) atoms. The Morgan fingerprint density at radius 1 is 1.27 bits per heavy atom. The molecule has 1 saturated heterocycles. The molecule has 7 nitrogen and oxygen atoms in total. The van der Waals surface area contributed by atoms with Crippen LogP contribution in [0.15, 0.2) is 36.8 Å². The van der Waals surface area contributed by atoms with E-state index in [1.54, 1.807) is 43.9 Å². The van der Waals surface area contributed by atoms with Gasteiger partial charge >= 0.3 is 0 Å². The van der Waals surface area contributed by atoms with Crippen molar-refractivity contribution in [2.45, 2.75) is 12.5 Å². The highest BCUT2D eigenvalue weighted by Crippen LogP contribution is 2.25.